The zero-order chi connectivity index (χ0) is 13.8. The lowest BCUT2D eigenvalue weighted by Gasteiger charge is -2.40. The van der Waals surface area contributed by atoms with E-state index in [1.165, 1.54) is 0 Å². The molecule has 1 N–H and O–H groups in total. The summed E-state index contributed by atoms with van der Waals surface area (Å²) in [6.07, 6.45) is 4.71. The second kappa shape index (κ2) is 6.68. The Morgan fingerprint density at radius 2 is 2.00 bits per heavy atom. The summed E-state index contributed by atoms with van der Waals surface area (Å²) in [5, 5.41) is 9.28. The van der Waals surface area contributed by atoms with Crippen LogP contribution in [0.4, 0.5) is 0 Å². The van der Waals surface area contributed by atoms with E-state index >= 15 is 0 Å². The number of ether oxygens (including phenoxy) is 2. The topological polar surface area (TPSA) is 59.0 Å². The third-order valence-corrected chi connectivity index (χ3v) is 4.60. The lowest BCUT2D eigenvalue weighted by Crippen LogP contribution is -2.50. The number of methoxy groups -OCH3 is 1. The zero-order valence-electron chi connectivity index (χ0n) is 11.9. The van der Waals surface area contributed by atoms with E-state index in [1.807, 2.05) is 0 Å². The molecule has 2 aliphatic rings. The molecule has 0 spiro atoms. The second-order valence-corrected chi connectivity index (χ2v) is 5.55. The molecule has 0 aromatic rings. The molecule has 1 aliphatic carbocycles. The molecule has 0 radical (unpaired) electrons. The molecule has 1 saturated carbocycles. The number of carbonyl (C=O) groups is 1. The second-order valence-electron chi connectivity index (χ2n) is 5.55. The first-order valence-corrected chi connectivity index (χ1v) is 7.26. The Morgan fingerprint density at radius 3 is 2.53 bits per heavy atom. The quantitative estimate of drug-likeness (QED) is 0.818. The largest absolute Gasteiger partial charge is 0.481 e. The van der Waals surface area contributed by atoms with Gasteiger partial charge in [0.25, 0.3) is 0 Å². The summed E-state index contributed by atoms with van der Waals surface area (Å²) in [5.74, 6) is -1.10. The van der Waals surface area contributed by atoms with Gasteiger partial charge in [0.15, 0.2) is 0 Å². The molecule has 0 amide bonds. The third kappa shape index (κ3) is 3.27. The number of nitrogens with zero attached hydrogens (tertiary/aromatic N) is 1. The summed E-state index contributed by atoms with van der Waals surface area (Å²) in [5.41, 5.74) is 0. The Kier molecular flexibility index (Phi) is 5.19. The van der Waals surface area contributed by atoms with E-state index in [4.69, 9.17) is 9.47 Å². The van der Waals surface area contributed by atoms with Gasteiger partial charge in [0, 0.05) is 19.2 Å². The van der Waals surface area contributed by atoms with Crippen molar-refractivity contribution in [3.8, 4) is 0 Å². The monoisotopic (exact) mass is 271 g/mol. The fourth-order valence-electron chi connectivity index (χ4n) is 3.48. The number of aliphatic carboxylic acids is 1. The fraction of sp³-hybridized carbons (Fsp3) is 0.929. The summed E-state index contributed by atoms with van der Waals surface area (Å²) < 4.78 is 10.8. The summed E-state index contributed by atoms with van der Waals surface area (Å²) in [7, 11) is 1.77. The molecule has 110 valence electrons. The molecule has 0 aromatic heterocycles. The summed E-state index contributed by atoms with van der Waals surface area (Å²) in [6.45, 7) is 3.90. The van der Waals surface area contributed by atoms with Gasteiger partial charge in [-0.15, -0.1) is 0 Å². The Hall–Kier alpha value is -0.650. The van der Waals surface area contributed by atoms with Gasteiger partial charge in [-0.25, -0.2) is 0 Å². The molecule has 1 saturated heterocycles. The molecule has 5 nitrogen and oxygen atoms in total. The number of rotatable bonds is 5. The van der Waals surface area contributed by atoms with Gasteiger partial charge >= 0.3 is 5.97 Å². The van der Waals surface area contributed by atoms with Crippen LogP contribution in [-0.4, -0.2) is 61.0 Å². The number of hydrogen-bond acceptors (Lipinski definition) is 4. The van der Waals surface area contributed by atoms with Gasteiger partial charge in [-0.05, 0) is 32.2 Å². The van der Waals surface area contributed by atoms with Crippen LogP contribution in [0, 0.1) is 5.92 Å². The fourth-order valence-corrected chi connectivity index (χ4v) is 3.48. The van der Waals surface area contributed by atoms with Crippen LogP contribution < -0.4 is 0 Å². The van der Waals surface area contributed by atoms with Crippen molar-refractivity contribution in [1.82, 2.24) is 4.90 Å². The van der Waals surface area contributed by atoms with E-state index < -0.39 is 5.97 Å². The Labute approximate surface area is 114 Å². The molecule has 2 atom stereocenters. The average molecular weight is 271 g/mol. The summed E-state index contributed by atoms with van der Waals surface area (Å²) in [4.78, 5) is 13.6. The van der Waals surface area contributed by atoms with Crippen LogP contribution in [0.2, 0.25) is 0 Å². The van der Waals surface area contributed by atoms with Gasteiger partial charge in [0.2, 0.25) is 0 Å². The minimum absolute atomic E-state index is 0.0339. The maximum atomic E-state index is 11.3. The van der Waals surface area contributed by atoms with Crippen LogP contribution in [0.5, 0.6) is 0 Å². The first-order valence-electron chi connectivity index (χ1n) is 7.26. The summed E-state index contributed by atoms with van der Waals surface area (Å²) in [6, 6.07) is 0.511. The van der Waals surface area contributed by atoms with Crippen molar-refractivity contribution >= 4 is 5.97 Å². The predicted octanol–water partition coefficient (Wildman–Crippen LogP) is 1.37. The Morgan fingerprint density at radius 1 is 1.32 bits per heavy atom. The first kappa shape index (κ1) is 14.8. The molecule has 0 aromatic carbocycles. The number of carboxylic acids is 1. The molecule has 2 rings (SSSR count). The highest BCUT2D eigenvalue weighted by Crippen LogP contribution is 2.29. The van der Waals surface area contributed by atoms with E-state index in [-0.39, 0.29) is 12.0 Å². The van der Waals surface area contributed by atoms with E-state index in [2.05, 4.69) is 11.8 Å². The van der Waals surface area contributed by atoms with Crippen molar-refractivity contribution in [3.63, 3.8) is 0 Å². The van der Waals surface area contributed by atoms with Crippen LogP contribution in [0.25, 0.3) is 0 Å². The van der Waals surface area contributed by atoms with Crippen LogP contribution in [-0.2, 0) is 14.3 Å². The third-order valence-electron chi connectivity index (χ3n) is 4.60. The van der Waals surface area contributed by atoms with Crippen LogP contribution >= 0.6 is 0 Å². The van der Waals surface area contributed by atoms with Crippen molar-refractivity contribution in [2.24, 2.45) is 5.92 Å². The molecule has 19 heavy (non-hydrogen) atoms. The molecule has 1 heterocycles. The molecule has 5 heteroatoms. The van der Waals surface area contributed by atoms with Gasteiger partial charge in [0.1, 0.15) is 0 Å². The lowest BCUT2D eigenvalue weighted by molar-refractivity contribution is -0.143. The van der Waals surface area contributed by atoms with Crippen LogP contribution in [0.15, 0.2) is 0 Å². The van der Waals surface area contributed by atoms with Crippen molar-refractivity contribution in [3.05, 3.63) is 0 Å². The van der Waals surface area contributed by atoms with Crippen molar-refractivity contribution in [1.29, 1.82) is 0 Å². The van der Waals surface area contributed by atoms with Gasteiger partial charge in [-0.1, -0.05) is 6.92 Å². The van der Waals surface area contributed by atoms with E-state index in [0.29, 0.717) is 25.4 Å². The lowest BCUT2D eigenvalue weighted by atomic mass is 9.89. The zero-order valence-corrected chi connectivity index (χ0v) is 11.9. The summed E-state index contributed by atoms with van der Waals surface area (Å²) >= 11 is 0. The van der Waals surface area contributed by atoms with Crippen molar-refractivity contribution in [2.45, 2.75) is 50.8 Å². The minimum atomic E-state index is -0.730. The first-order chi connectivity index (χ1) is 9.17. The predicted molar refractivity (Wildman–Crippen MR) is 71.2 cm³/mol. The Balaban J connectivity index is 1.98. The van der Waals surface area contributed by atoms with Gasteiger partial charge in [0.05, 0.1) is 25.2 Å². The molecular weight excluding hydrogens is 246 g/mol. The minimum Gasteiger partial charge on any atom is -0.481 e. The molecule has 2 unspecified atom stereocenters. The van der Waals surface area contributed by atoms with Gasteiger partial charge in [-0.2, -0.15) is 0 Å². The highest BCUT2D eigenvalue weighted by atomic mass is 16.5. The smallest absolute Gasteiger partial charge is 0.310 e. The normalized spacial score (nSPS) is 35.7. The van der Waals surface area contributed by atoms with Crippen molar-refractivity contribution in [2.75, 3.05) is 26.9 Å². The van der Waals surface area contributed by atoms with E-state index in [0.717, 1.165) is 32.2 Å². The maximum absolute atomic E-state index is 11.3. The standard InChI is InChI=1S/C14H25NO4/c1-3-15(10-4-6-11(18-2)7-5-10)13-9-19-8-12(13)14(16)17/h10-13H,3-9H2,1-2H3,(H,16,17). The van der Waals surface area contributed by atoms with Crippen LogP contribution in [0.3, 0.4) is 0 Å². The number of likely N-dealkylation sites (N-methyl/N-ethyl adjacent to an activating group) is 1. The number of hydrogen-bond donors (Lipinski definition) is 1. The van der Waals surface area contributed by atoms with Gasteiger partial charge < -0.3 is 14.6 Å². The molecular formula is C14H25NO4. The van der Waals surface area contributed by atoms with E-state index in [9.17, 15) is 9.90 Å². The average Bonchev–Trinajstić information content (AvgIpc) is 2.90. The highest BCUT2D eigenvalue weighted by Gasteiger charge is 2.40. The molecule has 2 fully saturated rings. The molecule has 0 bridgehead atoms. The maximum Gasteiger partial charge on any atom is 0.310 e. The van der Waals surface area contributed by atoms with Crippen molar-refractivity contribution < 1.29 is 19.4 Å². The number of carboxylic acid groups (broad SMARTS) is 1. The molecule has 1 aliphatic heterocycles. The van der Waals surface area contributed by atoms with Crippen LogP contribution in [0.1, 0.15) is 32.6 Å². The van der Waals surface area contributed by atoms with Gasteiger partial charge in [-0.3, -0.25) is 9.69 Å². The van der Waals surface area contributed by atoms with E-state index in [1.54, 1.807) is 7.11 Å². The SMILES string of the molecule is CCN(C1CCC(OC)CC1)C1COCC1C(=O)O. The Bertz CT molecular complexity index is 302. The highest BCUT2D eigenvalue weighted by molar-refractivity contribution is 5.71.